The van der Waals surface area contributed by atoms with E-state index in [-0.39, 0.29) is 0 Å². The largest absolute Gasteiger partial charge is 0.313 e. The number of anilines is 1. The van der Waals surface area contributed by atoms with Gasteiger partial charge in [-0.2, -0.15) is 5.11 Å². The quantitative estimate of drug-likeness (QED) is 0.689. The molecule has 1 aromatic heterocycles. The molecule has 5 heteroatoms. The number of hydrogen-bond donors (Lipinski definition) is 1. The zero-order valence-corrected chi connectivity index (χ0v) is 7.15. The molecule has 12 heavy (non-hydrogen) atoms. The van der Waals surface area contributed by atoms with Crippen molar-refractivity contribution in [2.75, 3.05) is 5.43 Å². The summed E-state index contributed by atoms with van der Waals surface area (Å²) in [6.07, 6.45) is 1.82. The standard InChI is InChI=1S/C7H11N5/c1-5(2)12-4-8-6-3-9-11-10-7(6)12/h4-5H,3H2,1-2H3,(H,9,10). The number of imidazole rings is 1. The molecule has 0 amide bonds. The summed E-state index contributed by atoms with van der Waals surface area (Å²) in [7, 11) is 0. The molecule has 0 spiro atoms. The SMILES string of the molecule is CC(C)n1cnc2c1NN=NC2. The first kappa shape index (κ1) is 7.27. The Balaban J connectivity index is 2.41. The lowest BCUT2D eigenvalue weighted by Gasteiger charge is -2.12. The Morgan fingerprint density at radius 2 is 2.42 bits per heavy atom. The molecule has 2 heterocycles. The van der Waals surface area contributed by atoms with Crippen LogP contribution >= 0.6 is 0 Å². The first-order chi connectivity index (χ1) is 5.79. The molecule has 1 aliphatic rings. The summed E-state index contributed by atoms with van der Waals surface area (Å²) in [5.41, 5.74) is 3.82. The zero-order valence-electron chi connectivity index (χ0n) is 7.15. The first-order valence-electron chi connectivity index (χ1n) is 3.97. The molecule has 0 saturated heterocycles. The van der Waals surface area contributed by atoms with Gasteiger partial charge in [-0.25, -0.2) is 10.4 Å². The third-order valence-corrected chi connectivity index (χ3v) is 1.87. The molecule has 0 fully saturated rings. The minimum absolute atomic E-state index is 0.405. The van der Waals surface area contributed by atoms with Gasteiger partial charge in [0.1, 0.15) is 12.2 Å². The molecule has 1 N–H and O–H groups in total. The monoisotopic (exact) mass is 165 g/mol. The van der Waals surface area contributed by atoms with Crippen molar-refractivity contribution in [2.24, 2.45) is 10.3 Å². The van der Waals surface area contributed by atoms with Gasteiger partial charge in [-0.1, -0.05) is 5.22 Å². The van der Waals surface area contributed by atoms with Crippen molar-refractivity contribution in [3.05, 3.63) is 12.0 Å². The summed E-state index contributed by atoms with van der Waals surface area (Å²) in [5, 5.41) is 7.58. The molecule has 2 rings (SSSR count). The highest BCUT2D eigenvalue weighted by Gasteiger charge is 2.14. The normalized spacial score (nSPS) is 14.6. The van der Waals surface area contributed by atoms with Crippen LogP contribution in [0.3, 0.4) is 0 Å². The molecule has 0 atom stereocenters. The molecule has 0 saturated carbocycles. The Morgan fingerprint density at radius 1 is 1.58 bits per heavy atom. The predicted octanol–water partition coefficient (Wildman–Crippen LogP) is 1.76. The van der Waals surface area contributed by atoms with Gasteiger partial charge >= 0.3 is 0 Å². The Labute approximate surface area is 70.5 Å². The van der Waals surface area contributed by atoms with Crippen LogP contribution in [-0.4, -0.2) is 9.55 Å². The third-order valence-electron chi connectivity index (χ3n) is 1.87. The van der Waals surface area contributed by atoms with Crippen LogP contribution in [-0.2, 0) is 6.54 Å². The van der Waals surface area contributed by atoms with Crippen molar-refractivity contribution in [1.29, 1.82) is 0 Å². The van der Waals surface area contributed by atoms with Crippen LogP contribution in [0.15, 0.2) is 16.7 Å². The van der Waals surface area contributed by atoms with Gasteiger partial charge in [-0.05, 0) is 13.8 Å². The van der Waals surface area contributed by atoms with Crippen LogP contribution in [0.4, 0.5) is 5.82 Å². The maximum atomic E-state index is 4.22. The number of rotatable bonds is 1. The topological polar surface area (TPSA) is 54.6 Å². The van der Waals surface area contributed by atoms with Crippen molar-refractivity contribution >= 4 is 5.82 Å². The fourth-order valence-corrected chi connectivity index (χ4v) is 1.21. The van der Waals surface area contributed by atoms with Crippen LogP contribution in [0, 0.1) is 0 Å². The van der Waals surface area contributed by atoms with Crippen LogP contribution < -0.4 is 5.43 Å². The summed E-state index contributed by atoms with van der Waals surface area (Å²) >= 11 is 0. The summed E-state index contributed by atoms with van der Waals surface area (Å²) in [6, 6.07) is 0.405. The van der Waals surface area contributed by atoms with E-state index in [0.717, 1.165) is 11.5 Å². The van der Waals surface area contributed by atoms with Crippen molar-refractivity contribution < 1.29 is 0 Å². The Morgan fingerprint density at radius 3 is 3.17 bits per heavy atom. The summed E-state index contributed by atoms with van der Waals surface area (Å²) in [6.45, 7) is 4.80. The van der Waals surface area contributed by atoms with Gasteiger partial charge in [0.05, 0.1) is 6.33 Å². The number of nitrogens with zero attached hydrogens (tertiary/aromatic N) is 4. The van der Waals surface area contributed by atoms with E-state index in [4.69, 9.17) is 0 Å². The van der Waals surface area contributed by atoms with Crippen LogP contribution in [0.5, 0.6) is 0 Å². The minimum atomic E-state index is 0.405. The van der Waals surface area contributed by atoms with Crippen molar-refractivity contribution in [3.63, 3.8) is 0 Å². The lowest BCUT2D eigenvalue weighted by molar-refractivity contribution is 0.601. The minimum Gasteiger partial charge on any atom is -0.313 e. The van der Waals surface area contributed by atoms with E-state index >= 15 is 0 Å². The Kier molecular flexibility index (Phi) is 1.56. The lowest BCUT2D eigenvalue weighted by Crippen LogP contribution is -2.07. The predicted molar refractivity (Wildman–Crippen MR) is 44.8 cm³/mol. The molecular weight excluding hydrogens is 154 g/mol. The second kappa shape index (κ2) is 2.58. The highest BCUT2D eigenvalue weighted by Crippen LogP contribution is 2.22. The van der Waals surface area contributed by atoms with Crippen LogP contribution in [0.1, 0.15) is 25.6 Å². The van der Waals surface area contributed by atoms with E-state index in [0.29, 0.717) is 12.6 Å². The molecule has 0 aromatic carbocycles. The first-order valence-corrected chi connectivity index (χ1v) is 3.97. The highest BCUT2D eigenvalue weighted by molar-refractivity contribution is 5.42. The van der Waals surface area contributed by atoms with E-state index in [1.165, 1.54) is 0 Å². The molecule has 0 bridgehead atoms. The maximum absolute atomic E-state index is 4.22. The second-order valence-electron chi connectivity index (χ2n) is 3.05. The van der Waals surface area contributed by atoms with Crippen LogP contribution in [0.2, 0.25) is 0 Å². The fourth-order valence-electron chi connectivity index (χ4n) is 1.21. The van der Waals surface area contributed by atoms with Gasteiger partial charge in [0.2, 0.25) is 0 Å². The molecule has 64 valence electrons. The van der Waals surface area contributed by atoms with Gasteiger partial charge < -0.3 is 4.57 Å². The van der Waals surface area contributed by atoms with E-state index in [2.05, 4.69) is 34.6 Å². The highest BCUT2D eigenvalue weighted by atomic mass is 15.5. The molecule has 0 radical (unpaired) electrons. The average molecular weight is 165 g/mol. The second-order valence-corrected chi connectivity index (χ2v) is 3.05. The van der Waals surface area contributed by atoms with Crippen molar-refractivity contribution in [1.82, 2.24) is 9.55 Å². The van der Waals surface area contributed by atoms with Crippen molar-refractivity contribution in [2.45, 2.75) is 26.4 Å². The smallest absolute Gasteiger partial charge is 0.153 e. The van der Waals surface area contributed by atoms with Crippen molar-refractivity contribution in [3.8, 4) is 0 Å². The number of nitrogens with one attached hydrogen (secondary N) is 1. The number of hydrogen-bond acceptors (Lipinski definition) is 4. The van der Waals surface area contributed by atoms with E-state index in [1.807, 2.05) is 10.9 Å². The van der Waals surface area contributed by atoms with E-state index < -0.39 is 0 Å². The maximum Gasteiger partial charge on any atom is 0.153 e. The lowest BCUT2D eigenvalue weighted by atomic mass is 10.3. The van der Waals surface area contributed by atoms with Crippen LogP contribution in [0.25, 0.3) is 0 Å². The summed E-state index contributed by atoms with van der Waals surface area (Å²) < 4.78 is 2.05. The van der Waals surface area contributed by atoms with E-state index in [9.17, 15) is 0 Å². The van der Waals surface area contributed by atoms with Gasteiger partial charge in [-0.15, -0.1) is 0 Å². The molecule has 1 aromatic rings. The van der Waals surface area contributed by atoms with E-state index in [1.54, 1.807) is 0 Å². The molecule has 0 unspecified atom stereocenters. The summed E-state index contributed by atoms with van der Waals surface area (Å²) in [5.74, 6) is 0.972. The molecular formula is C7H11N5. The molecule has 1 aliphatic heterocycles. The number of fused-ring (bicyclic) bond motifs is 1. The number of aromatic nitrogens is 2. The third kappa shape index (κ3) is 0.975. The van der Waals surface area contributed by atoms with Gasteiger partial charge in [0.25, 0.3) is 0 Å². The molecule has 5 nitrogen and oxygen atoms in total. The van der Waals surface area contributed by atoms with Gasteiger partial charge in [0, 0.05) is 6.04 Å². The molecule has 0 aliphatic carbocycles. The van der Waals surface area contributed by atoms with Gasteiger partial charge in [-0.3, -0.25) is 0 Å². The fraction of sp³-hybridized carbons (Fsp3) is 0.571. The average Bonchev–Trinajstić information content (AvgIpc) is 2.47. The van der Waals surface area contributed by atoms with Gasteiger partial charge in [0.15, 0.2) is 5.82 Å². The zero-order chi connectivity index (χ0) is 8.55. The summed E-state index contributed by atoms with van der Waals surface area (Å²) in [4.78, 5) is 4.22. The Hall–Kier alpha value is -1.39. The Bertz CT molecular complexity index is 312.